The minimum atomic E-state index is -0.104. The van der Waals surface area contributed by atoms with Crippen molar-refractivity contribution in [2.45, 2.75) is 13.8 Å². The van der Waals surface area contributed by atoms with Crippen LogP contribution in [0.5, 0.6) is 0 Å². The molecule has 94 valence electrons. The molecule has 4 nitrogen and oxygen atoms in total. The van der Waals surface area contributed by atoms with Gasteiger partial charge < -0.3 is 10.6 Å². The molecule has 1 aromatic carbocycles. The van der Waals surface area contributed by atoms with Crippen molar-refractivity contribution in [3.05, 3.63) is 41.0 Å². The number of benzene rings is 1. The molecule has 1 fully saturated rings. The maximum atomic E-state index is 11.9. The third-order valence-electron chi connectivity index (χ3n) is 3.07. The van der Waals surface area contributed by atoms with Crippen LogP contribution in [0.15, 0.2) is 35.4 Å². The van der Waals surface area contributed by atoms with Gasteiger partial charge in [-0.3, -0.25) is 9.59 Å². The SMILES string of the molecule is CC(=O)c1cccc(NC(=O)C(C)=C2CNC2)c1. The molecule has 0 spiro atoms. The lowest BCUT2D eigenvalue weighted by molar-refractivity contribution is -0.112. The van der Waals surface area contributed by atoms with Gasteiger partial charge in [0, 0.05) is 29.9 Å². The second-order valence-corrected chi connectivity index (χ2v) is 4.42. The molecule has 0 unspecified atom stereocenters. The number of hydrogen-bond donors (Lipinski definition) is 2. The van der Waals surface area contributed by atoms with Crippen LogP contribution in [0.2, 0.25) is 0 Å². The Bertz CT molecular complexity index is 526. The number of carbonyl (C=O) groups excluding carboxylic acids is 2. The zero-order valence-corrected chi connectivity index (χ0v) is 10.5. The Morgan fingerprint density at radius 3 is 2.50 bits per heavy atom. The van der Waals surface area contributed by atoms with E-state index in [2.05, 4.69) is 10.6 Å². The molecule has 0 atom stereocenters. The maximum Gasteiger partial charge on any atom is 0.251 e. The average Bonchev–Trinajstić information content (AvgIpc) is 2.26. The van der Waals surface area contributed by atoms with E-state index in [1.807, 2.05) is 6.92 Å². The topological polar surface area (TPSA) is 58.2 Å². The number of hydrogen-bond acceptors (Lipinski definition) is 3. The van der Waals surface area contributed by atoms with Crippen LogP contribution in [0.3, 0.4) is 0 Å². The normalized spacial score (nSPS) is 13.8. The minimum Gasteiger partial charge on any atom is -0.322 e. The highest BCUT2D eigenvalue weighted by Gasteiger charge is 2.16. The summed E-state index contributed by atoms with van der Waals surface area (Å²) < 4.78 is 0. The Morgan fingerprint density at radius 1 is 1.22 bits per heavy atom. The van der Waals surface area contributed by atoms with Crippen molar-refractivity contribution in [3.63, 3.8) is 0 Å². The van der Waals surface area contributed by atoms with Crippen molar-refractivity contribution in [2.24, 2.45) is 0 Å². The van der Waals surface area contributed by atoms with Gasteiger partial charge in [0.1, 0.15) is 0 Å². The van der Waals surface area contributed by atoms with E-state index in [1.165, 1.54) is 6.92 Å². The first-order chi connectivity index (χ1) is 8.58. The van der Waals surface area contributed by atoms with E-state index in [1.54, 1.807) is 24.3 Å². The van der Waals surface area contributed by atoms with E-state index in [0.29, 0.717) is 11.3 Å². The van der Waals surface area contributed by atoms with Crippen molar-refractivity contribution >= 4 is 17.4 Å². The quantitative estimate of drug-likeness (QED) is 0.629. The van der Waals surface area contributed by atoms with Crippen LogP contribution in [0, 0.1) is 0 Å². The van der Waals surface area contributed by atoms with E-state index in [-0.39, 0.29) is 11.7 Å². The van der Waals surface area contributed by atoms with Gasteiger partial charge in [-0.25, -0.2) is 0 Å². The standard InChI is InChI=1S/C14H16N2O2/c1-9(12-7-15-8-12)14(18)16-13-5-3-4-11(6-13)10(2)17/h3-6,15H,7-8H2,1-2H3,(H,16,18). The Hall–Kier alpha value is -1.94. The monoisotopic (exact) mass is 244 g/mol. The summed E-state index contributed by atoms with van der Waals surface area (Å²) in [5.74, 6) is -0.114. The van der Waals surface area contributed by atoms with Crippen molar-refractivity contribution in [1.82, 2.24) is 5.32 Å². The van der Waals surface area contributed by atoms with Crippen LogP contribution >= 0.6 is 0 Å². The Labute approximate surface area is 106 Å². The van der Waals surface area contributed by atoms with Crippen molar-refractivity contribution in [3.8, 4) is 0 Å². The predicted molar refractivity (Wildman–Crippen MR) is 70.6 cm³/mol. The largest absolute Gasteiger partial charge is 0.322 e. The highest BCUT2D eigenvalue weighted by atomic mass is 16.1. The predicted octanol–water partition coefficient (Wildman–Crippen LogP) is 1.75. The van der Waals surface area contributed by atoms with Gasteiger partial charge in [-0.1, -0.05) is 12.1 Å². The van der Waals surface area contributed by atoms with Crippen LogP contribution in [0.4, 0.5) is 5.69 Å². The van der Waals surface area contributed by atoms with Gasteiger partial charge >= 0.3 is 0 Å². The number of amides is 1. The van der Waals surface area contributed by atoms with Crippen LogP contribution in [-0.2, 0) is 4.79 Å². The molecular weight excluding hydrogens is 228 g/mol. The number of anilines is 1. The zero-order valence-electron chi connectivity index (χ0n) is 10.5. The summed E-state index contributed by atoms with van der Waals surface area (Å²) in [7, 11) is 0. The molecule has 1 amide bonds. The van der Waals surface area contributed by atoms with Crippen LogP contribution in [-0.4, -0.2) is 24.8 Å². The zero-order chi connectivity index (χ0) is 13.1. The molecule has 2 N–H and O–H groups in total. The van der Waals surface area contributed by atoms with Gasteiger partial charge in [-0.15, -0.1) is 0 Å². The molecular formula is C14H16N2O2. The highest BCUT2D eigenvalue weighted by Crippen LogP contribution is 2.14. The fraction of sp³-hybridized carbons (Fsp3) is 0.286. The summed E-state index contributed by atoms with van der Waals surface area (Å²) in [6.45, 7) is 4.90. The Morgan fingerprint density at radius 2 is 1.94 bits per heavy atom. The third-order valence-corrected chi connectivity index (χ3v) is 3.07. The first-order valence-electron chi connectivity index (χ1n) is 5.89. The summed E-state index contributed by atoms with van der Waals surface area (Å²) in [6.07, 6.45) is 0. The third kappa shape index (κ3) is 2.65. The maximum absolute atomic E-state index is 11.9. The van der Waals surface area contributed by atoms with E-state index >= 15 is 0 Å². The molecule has 1 aromatic rings. The van der Waals surface area contributed by atoms with Crippen LogP contribution < -0.4 is 10.6 Å². The van der Waals surface area contributed by atoms with Gasteiger partial charge in [0.2, 0.25) is 0 Å². The molecule has 0 saturated carbocycles. The number of carbonyl (C=O) groups is 2. The summed E-state index contributed by atoms with van der Waals surface area (Å²) in [5.41, 5.74) is 3.14. The molecule has 1 aliphatic rings. The molecule has 4 heteroatoms. The molecule has 1 saturated heterocycles. The molecule has 0 aromatic heterocycles. The van der Waals surface area contributed by atoms with Gasteiger partial charge in [0.15, 0.2) is 5.78 Å². The van der Waals surface area contributed by atoms with Crippen molar-refractivity contribution in [2.75, 3.05) is 18.4 Å². The molecule has 2 rings (SSSR count). The second-order valence-electron chi connectivity index (χ2n) is 4.42. The summed E-state index contributed by atoms with van der Waals surface area (Å²) in [4.78, 5) is 23.2. The molecule has 1 aliphatic heterocycles. The van der Waals surface area contributed by atoms with E-state index in [4.69, 9.17) is 0 Å². The van der Waals surface area contributed by atoms with E-state index < -0.39 is 0 Å². The molecule has 0 aliphatic carbocycles. The van der Waals surface area contributed by atoms with Crippen LogP contribution in [0.1, 0.15) is 24.2 Å². The average molecular weight is 244 g/mol. The molecule has 18 heavy (non-hydrogen) atoms. The minimum absolute atomic E-state index is 0.00984. The Balaban J connectivity index is 2.12. The smallest absolute Gasteiger partial charge is 0.251 e. The number of ketones is 1. The lowest BCUT2D eigenvalue weighted by Gasteiger charge is -2.21. The van der Waals surface area contributed by atoms with Crippen LogP contribution in [0.25, 0.3) is 0 Å². The van der Waals surface area contributed by atoms with E-state index in [9.17, 15) is 9.59 Å². The lowest BCUT2D eigenvalue weighted by atomic mass is 10.0. The van der Waals surface area contributed by atoms with Gasteiger partial charge in [-0.05, 0) is 31.6 Å². The molecule has 0 bridgehead atoms. The lowest BCUT2D eigenvalue weighted by Crippen LogP contribution is -2.36. The van der Waals surface area contributed by atoms with Crippen molar-refractivity contribution in [1.29, 1.82) is 0 Å². The Kier molecular flexibility index (Phi) is 3.58. The van der Waals surface area contributed by atoms with Gasteiger partial charge in [0.05, 0.1) is 0 Å². The first-order valence-corrected chi connectivity index (χ1v) is 5.89. The number of rotatable bonds is 3. The van der Waals surface area contributed by atoms with E-state index in [0.717, 1.165) is 24.2 Å². The fourth-order valence-corrected chi connectivity index (χ4v) is 1.72. The molecule has 1 heterocycles. The van der Waals surface area contributed by atoms with Crippen molar-refractivity contribution < 1.29 is 9.59 Å². The molecule has 0 radical (unpaired) electrons. The fourth-order valence-electron chi connectivity index (χ4n) is 1.72. The van der Waals surface area contributed by atoms with Gasteiger partial charge in [-0.2, -0.15) is 0 Å². The second kappa shape index (κ2) is 5.14. The summed E-state index contributed by atoms with van der Waals surface area (Å²) >= 11 is 0. The number of Topliss-reactive ketones (excluding diaryl/α,β-unsaturated/α-hetero) is 1. The van der Waals surface area contributed by atoms with Gasteiger partial charge in [0.25, 0.3) is 5.91 Å². The highest BCUT2D eigenvalue weighted by molar-refractivity contribution is 6.05. The summed E-state index contributed by atoms with van der Waals surface area (Å²) in [6, 6.07) is 6.97. The number of nitrogens with one attached hydrogen (secondary N) is 2. The summed E-state index contributed by atoms with van der Waals surface area (Å²) in [5, 5.41) is 5.91. The first kappa shape index (κ1) is 12.5.